The molecule has 0 heterocycles. The highest BCUT2D eigenvalue weighted by molar-refractivity contribution is 5.31. The van der Waals surface area contributed by atoms with Crippen LogP contribution in [0.25, 0.3) is 0 Å². The molecule has 0 aromatic heterocycles. The van der Waals surface area contributed by atoms with Crippen molar-refractivity contribution in [1.82, 2.24) is 5.43 Å². The summed E-state index contributed by atoms with van der Waals surface area (Å²) in [7, 11) is 0. The molecule has 17 heavy (non-hydrogen) atoms. The van der Waals surface area contributed by atoms with Gasteiger partial charge in [0.05, 0.1) is 0 Å². The van der Waals surface area contributed by atoms with Crippen LogP contribution in [0.3, 0.4) is 0 Å². The van der Waals surface area contributed by atoms with Crippen LogP contribution in [0.15, 0.2) is 24.3 Å². The molecule has 0 saturated heterocycles. The Hall–Kier alpha value is -1.27. The van der Waals surface area contributed by atoms with Crippen molar-refractivity contribution in [3.8, 4) is 5.75 Å². The van der Waals surface area contributed by atoms with Crippen LogP contribution in [-0.2, 0) is 0 Å². The van der Waals surface area contributed by atoms with Gasteiger partial charge < -0.3 is 4.74 Å². The molecule has 3 nitrogen and oxygen atoms in total. The van der Waals surface area contributed by atoms with Gasteiger partial charge in [-0.05, 0) is 36.5 Å². The number of nitrogens with one attached hydrogen (secondary N) is 1. The van der Waals surface area contributed by atoms with Crippen molar-refractivity contribution in [1.29, 1.82) is 0 Å². The van der Waals surface area contributed by atoms with Crippen molar-refractivity contribution in [2.24, 2.45) is 11.8 Å². The summed E-state index contributed by atoms with van der Waals surface area (Å²) in [5.41, 5.74) is 3.35. The number of alkyl halides is 3. The predicted octanol–water partition coefficient (Wildman–Crippen LogP) is 2.50. The van der Waals surface area contributed by atoms with E-state index in [-0.39, 0.29) is 11.8 Å². The monoisotopic (exact) mass is 246 g/mol. The Kier molecular flexibility index (Phi) is 3.26. The van der Waals surface area contributed by atoms with E-state index in [4.69, 9.17) is 5.84 Å². The molecule has 1 unspecified atom stereocenters. The van der Waals surface area contributed by atoms with Gasteiger partial charge in [-0.1, -0.05) is 12.1 Å². The fraction of sp³-hybridized carbons (Fsp3) is 0.455. The molecule has 1 fully saturated rings. The van der Waals surface area contributed by atoms with Crippen molar-refractivity contribution >= 4 is 0 Å². The second kappa shape index (κ2) is 4.54. The zero-order valence-corrected chi connectivity index (χ0v) is 9.00. The average Bonchev–Trinajstić information content (AvgIpc) is 3.01. The molecule has 1 atom stereocenters. The molecule has 0 spiro atoms. The quantitative estimate of drug-likeness (QED) is 0.634. The normalized spacial score (nSPS) is 17.9. The number of ether oxygens (including phenoxy) is 1. The lowest BCUT2D eigenvalue weighted by Crippen LogP contribution is -2.29. The lowest BCUT2D eigenvalue weighted by molar-refractivity contribution is -0.274. The van der Waals surface area contributed by atoms with Crippen molar-refractivity contribution in [3.05, 3.63) is 29.8 Å². The topological polar surface area (TPSA) is 47.3 Å². The molecule has 0 aliphatic heterocycles. The molecule has 1 saturated carbocycles. The Morgan fingerprint density at radius 1 is 1.35 bits per heavy atom. The van der Waals surface area contributed by atoms with Crippen LogP contribution in [0.2, 0.25) is 0 Å². The van der Waals surface area contributed by atoms with Gasteiger partial charge >= 0.3 is 6.36 Å². The predicted molar refractivity (Wildman–Crippen MR) is 55.9 cm³/mol. The number of rotatable bonds is 4. The highest BCUT2D eigenvalue weighted by Gasteiger charge is 2.33. The molecule has 0 bridgehead atoms. The smallest absolute Gasteiger partial charge is 0.406 e. The van der Waals surface area contributed by atoms with Gasteiger partial charge in [-0.25, -0.2) is 0 Å². The summed E-state index contributed by atoms with van der Waals surface area (Å²) in [5.74, 6) is 5.60. The van der Waals surface area contributed by atoms with Gasteiger partial charge in [0.2, 0.25) is 0 Å². The average molecular weight is 246 g/mol. The summed E-state index contributed by atoms with van der Waals surface area (Å²) < 4.78 is 40.1. The van der Waals surface area contributed by atoms with E-state index in [9.17, 15) is 13.2 Å². The summed E-state index contributed by atoms with van der Waals surface area (Å²) in [6.07, 6.45) is -2.58. The summed E-state index contributed by atoms with van der Waals surface area (Å²) in [4.78, 5) is 0. The lowest BCUT2D eigenvalue weighted by Gasteiger charge is -2.17. The van der Waals surface area contributed by atoms with Gasteiger partial charge in [0.1, 0.15) is 5.75 Å². The van der Waals surface area contributed by atoms with E-state index in [1.165, 1.54) is 18.2 Å². The lowest BCUT2D eigenvalue weighted by atomic mass is 10.0. The Balaban J connectivity index is 2.15. The van der Waals surface area contributed by atoms with Gasteiger partial charge in [-0.2, -0.15) is 0 Å². The SMILES string of the molecule is NNC(c1cccc(OC(F)(F)F)c1)C1CC1. The first-order valence-corrected chi connectivity index (χ1v) is 5.31. The second-order valence-corrected chi connectivity index (χ2v) is 4.10. The first-order valence-electron chi connectivity index (χ1n) is 5.31. The molecule has 1 aromatic rings. The maximum Gasteiger partial charge on any atom is 0.573 e. The van der Waals surface area contributed by atoms with E-state index < -0.39 is 6.36 Å². The minimum absolute atomic E-state index is 0.105. The standard InChI is InChI=1S/C11H13F3N2O/c12-11(13,14)17-9-3-1-2-8(6-9)10(16-15)7-4-5-7/h1-3,6-7,10,16H,4-5,15H2. The highest BCUT2D eigenvalue weighted by Crippen LogP contribution is 2.41. The Labute approximate surface area is 96.7 Å². The largest absolute Gasteiger partial charge is 0.573 e. The maximum absolute atomic E-state index is 12.1. The van der Waals surface area contributed by atoms with Crippen molar-refractivity contribution in [3.63, 3.8) is 0 Å². The molecule has 1 aromatic carbocycles. The minimum atomic E-state index is -4.66. The van der Waals surface area contributed by atoms with Crippen molar-refractivity contribution in [2.75, 3.05) is 0 Å². The van der Waals surface area contributed by atoms with Crippen molar-refractivity contribution < 1.29 is 17.9 Å². The van der Waals surface area contributed by atoms with E-state index in [2.05, 4.69) is 10.2 Å². The van der Waals surface area contributed by atoms with E-state index in [1.54, 1.807) is 6.07 Å². The summed E-state index contributed by atoms with van der Waals surface area (Å²) >= 11 is 0. The third-order valence-corrected chi connectivity index (χ3v) is 2.72. The first-order chi connectivity index (χ1) is 7.99. The number of hydrogen-bond donors (Lipinski definition) is 2. The fourth-order valence-corrected chi connectivity index (χ4v) is 1.84. The third kappa shape index (κ3) is 3.34. The first kappa shape index (κ1) is 12.2. The number of benzene rings is 1. The molecule has 3 N–H and O–H groups in total. The van der Waals surface area contributed by atoms with Gasteiger partial charge in [0.25, 0.3) is 0 Å². The van der Waals surface area contributed by atoms with Crippen LogP contribution in [0, 0.1) is 5.92 Å². The van der Waals surface area contributed by atoms with Gasteiger partial charge in [-0.3, -0.25) is 11.3 Å². The second-order valence-electron chi connectivity index (χ2n) is 4.10. The van der Waals surface area contributed by atoms with E-state index in [1.807, 2.05) is 0 Å². The Bertz CT molecular complexity index is 391. The van der Waals surface area contributed by atoms with Crippen LogP contribution in [0.1, 0.15) is 24.4 Å². The number of halogens is 3. The van der Waals surface area contributed by atoms with Gasteiger partial charge in [-0.15, -0.1) is 13.2 Å². The maximum atomic E-state index is 12.1. The number of hydrazine groups is 1. The molecule has 2 rings (SSSR count). The Morgan fingerprint density at radius 3 is 2.59 bits per heavy atom. The Morgan fingerprint density at radius 2 is 2.06 bits per heavy atom. The third-order valence-electron chi connectivity index (χ3n) is 2.72. The number of hydrogen-bond acceptors (Lipinski definition) is 3. The van der Waals surface area contributed by atoms with Crippen LogP contribution in [0.4, 0.5) is 13.2 Å². The van der Waals surface area contributed by atoms with Crippen LogP contribution in [-0.4, -0.2) is 6.36 Å². The molecule has 0 amide bonds. The summed E-state index contributed by atoms with van der Waals surface area (Å²) in [6.45, 7) is 0. The van der Waals surface area contributed by atoms with Gasteiger partial charge in [0, 0.05) is 6.04 Å². The molecule has 94 valence electrons. The van der Waals surface area contributed by atoms with E-state index in [0.29, 0.717) is 5.92 Å². The molecule has 6 heteroatoms. The molecule has 0 radical (unpaired) electrons. The molecule has 1 aliphatic carbocycles. The van der Waals surface area contributed by atoms with E-state index >= 15 is 0 Å². The van der Waals surface area contributed by atoms with E-state index in [0.717, 1.165) is 18.4 Å². The summed E-state index contributed by atoms with van der Waals surface area (Å²) in [6, 6.07) is 5.81. The minimum Gasteiger partial charge on any atom is -0.406 e. The fourth-order valence-electron chi connectivity index (χ4n) is 1.84. The molecular weight excluding hydrogens is 233 g/mol. The highest BCUT2D eigenvalue weighted by atomic mass is 19.4. The zero-order valence-electron chi connectivity index (χ0n) is 9.00. The summed E-state index contributed by atoms with van der Waals surface area (Å²) in [5, 5.41) is 0. The van der Waals surface area contributed by atoms with Crippen LogP contribution >= 0.6 is 0 Å². The van der Waals surface area contributed by atoms with Crippen LogP contribution in [0.5, 0.6) is 5.75 Å². The number of nitrogens with two attached hydrogens (primary N) is 1. The molecule has 1 aliphatic rings. The van der Waals surface area contributed by atoms with Crippen LogP contribution < -0.4 is 16.0 Å². The molecular formula is C11H13F3N2O. The zero-order chi connectivity index (χ0) is 12.5. The van der Waals surface area contributed by atoms with Gasteiger partial charge in [0.15, 0.2) is 0 Å². The van der Waals surface area contributed by atoms with Crippen molar-refractivity contribution in [2.45, 2.75) is 25.2 Å².